The number of hydrogen-bond donors (Lipinski definition) is 2. The first-order chi connectivity index (χ1) is 15.1. The minimum atomic E-state index is -0.00521. The summed E-state index contributed by atoms with van der Waals surface area (Å²) in [6, 6.07) is 16.3. The van der Waals surface area contributed by atoms with E-state index in [1.807, 2.05) is 38.2 Å². The Morgan fingerprint density at radius 3 is 2.44 bits per heavy atom. The monoisotopic (exact) mass is 552 g/mol. The molecule has 1 amide bonds. The van der Waals surface area contributed by atoms with Crippen molar-refractivity contribution in [1.29, 1.82) is 0 Å². The van der Waals surface area contributed by atoms with Crippen molar-refractivity contribution < 1.29 is 4.79 Å². The predicted octanol–water partition coefficient (Wildman–Crippen LogP) is 3.17. The number of carbonyl (C=O) groups excluding carboxylic acids is 1. The third-order valence-electron chi connectivity index (χ3n) is 4.97. The molecule has 32 heavy (non-hydrogen) atoms. The van der Waals surface area contributed by atoms with Crippen molar-refractivity contribution in [2.75, 3.05) is 51.2 Å². The highest BCUT2D eigenvalue weighted by atomic mass is 127. The van der Waals surface area contributed by atoms with E-state index in [1.54, 1.807) is 11.1 Å². The SMILES string of the molecule is CCNC(=NCC(=O)N(C)CCc1ccccn1)NCCCN(CC)c1ccccc1.I. The molecule has 0 fully saturated rings. The van der Waals surface area contributed by atoms with E-state index in [0.717, 1.165) is 44.7 Å². The molecule has 2 aromatic rings. The van der Waals surface area contributed by atoms with Crippen LogP contribution in [0.4, 0.5) is 5.69 Å². The molecule has 0 aliphatic rings. The van der Waals surface area contributed by atoms with E-state index >= 15 is 0 Å². The number of aromatic nitrogens is 1. The van der Waals surface area contributed by atoms with Crippen LogP contribution < -0.4 is 15.5 Å². The van der Waals surface area contributed by atoms with Crippen LogP contribution in [0.25, 0.3) is 0 Å². The summed E-state index contributed by atoms with van der Waals surface area (Å²) in [6.07, 6.45) is 3.49. The van der Waals surface area contributed by atoms with Crippen molar-refractivity contribution in [3.63, 3.8) is 0 Å². The van der Waals surface area contributed by atoms with Gasteiger partial charge in [-0.3, -0.25) is 9.78 Å². The highest BCUT2D eigenvalue weighted by Gasteiger charge is 2.09. The fourth-order valence-corrected chi connectivity index (χ4v) is 3.15. The third kappa shape index (κ3) is 10.3. The molecule has 0 spiro atoms. The number of aliphatic imine (C=N–C) groups is 1. The Hall–Kier alpha value is -2.36. The Balaban J connectivity index is 0.00000512. The number of halogens is 1. The van der Waals surface area contributed by atoms with Crippen LogP contribution in [-0.2, 0) is 11.2 Å². The fourth-order valence-electron chi connectivity index (χ4n) is 3.15. The minimum Gasteiger partial charge on any atom is -0.372 e. The number of nitrogens with one attached hydrogen (secondary N) is 2. The lowest BCUT2D eigenvalue weighted by atomic mass is 10.2. The van der Waals surface area contributed by atoms with Gasteiger partial charge < -0.3 is 20.4 Å². The topological polar surface area (TPSA) is 72.9 Å². The summed E-state index contributed by atoms with van der Waals surface area (Å²) in [6.45, 7) is 8.41. The Labute approximate surface area is 209 Å². The van der Waals surface area contributed by atoms with Crippen LogP contribution in [-0.4, -0.2) is 68.1 Å². The van der Waals surface area contributed by atoms with Crippen LogP contribution in [0, 0.1) is 0 Å². The summed E-state index contributed by atoms with van der Waals surface area (Å²) in [5, 5.41) is 6.55. The van der Waals surface area contributed by atoms with Crippen molar-refractivity contribution in [1.82, 2.24) is 20.5 Å². The molecular weight excluding hydrogens is 515 g/mol. The smallest absolute Gasteiger partial charge is 0.244 e. The molecule has 7 nitrogen and oxygen atoms in total. The van der Waals surface area contributed by atoms with E-state index in [2.05, 4.69) is 56.7 Å². The number of likely N-dealkylation sites (N-methyl/N-ethyl adjacent to an activating group) is 1. The summed E-state index contributed by atoms with van der Waals surface area (Å²) >= 11 is 0. The summed E-state index contributed by atoms with van der Waals surface area (Å²) in [7, 11) is 1.81. The van der Waals surface area contributed by atoms with Gasteiger partial charge in [0.25, 0.3) is 0 Å². The molecular formula is C24H37IN6O. The Morgan fingerprint density at radius 1 is 1.03 bits per heavy atom. The van der Waals surface area contributed by atoms with Crippen LogP contribution in [0.3, 0.4) is 0 Å². The number of benzene rings is 1. The van der Waals surface area contributed by atoms with E-state index in [9.17, 15) is 4.79 Å². The van der Waals surface area contributed by atoms with Crippen LogP contribution in [0.5, 0.6) is 0 Å². The summed E-state index contributed by atoms with van der Waals surface area (Å²) < 4.78 is 0. The number of rotatable bonds is 12. The molecule has 0 aliphatic carbocycles. The first-order valence-electron chi connectivity index (χ1n) is 11.1. The van der Waals surface area contributed by atoms with Crippen LogP contribution in [0.2, 0.25) is 0 Å². The maximum Gasteiger partial charge on any atom is 0.244 e. The Morgan fingerprint density at radius 2 is 1.78 bits per heavy atom. The van der Waals surface area contributed by atoms with Crippen molar-refractivity contribution in [2.45, 2.75) is 26.7 Å². The minimum absolute atomic E-state index is 0. The zero-order chi connectivity index (χ0) is 22.3. The van der Waals surface area contributed by atoms with Gasteiger partial charge in [0.1, 0.15) is 6.54 Å². The van der Waals surface area contributed by atoms with Gasteiger partial charge in [0, 0.05) is 63.8 Å². The lowest BCUT2D eigenvalue weighted by molar-refractivity contribution is -0.128. The third-order valence-corrected chi connectivity index (χ3v) is 4.97. The maximum atomic E-state index is 12.4. The number of pyridine rings is 1. The number of para-hydroxylation sites is 1. The molecule has 2 rings (SSSR count). The van der Waals surface area contributed by atoms with E-state index in [0.29, 0.717) is 12.5 Å². The highest BCUT2D eigenvalue weighted by Crippen LogP contribution is 2.12. The van der Waals surface area contributed by atoms with Crippen molar-refractivity contribution in [3.05, 3.63) is 60.4 Å². The van der Waals surface area contributed by atoms with E-state index in [1.165, 1.54) is 5.69 Å². The van der Waals surface area contributed by atoms with Crippen molar-refractivity contribution in [3.8, 4) is 0 Å². The van der Waals surface area contributed by atoms with Gasteiger partial charge in [-0.15, -0.1) is 24.0 Å². The quantitative estimate of drug-likeness (QED) is 0.183. The van der Waals surface area contributed by atoms with Gasteiger partial charge in [0.15, 0.2) is 5.96 Å². The van der Waals surface area contributed by atoms with Gasteiger partial charge in [-0.1, -0.05) is 24.3 Å². The molecule has 0 saturated carbocycles. The largest absolute Gasteiger partial charge is 0.372 e. The number of amides is 1. The maximum absolute atomic E-state index is 12.4. The van der Waals surface area contributed by atoms with Gasteiger partial charge in [-0.25, -0.2) is 4.99 Å². The molecule has 1 aromatic carbocycles. The standard InChI is InChI=1S/C24H36N6O.HI/c1-4-25-24(27-17-11-18-30(5-2)22-13-7-6-8-14-22)28-20-23(31)29(3)19-15-21-12-9-10-16-26-21;/h6-10,12-14,16H,4-5,11,15,17-20H2,1-3H3,(H2,25,27,28);1H. The average Bonchev–Trinajstić information content (AvgIpc) is 2.82. The fraction of sp³-hybridized carbons (Fsp3) is 0.458. The second-order valence-electron chi connectivity index (χ2n) is 7.28. The van der Waals surface area contributed by atoms with E-state index in [4.69, 9.17) is 0 Å². The zero-order valence-electron chi connectivity index (χ0n) is 19.5. The molecule has 8 heteroatoms. The normalized spacial score (nSPS) is 10.8. The van der Waals surface area contributed by atoms with Crippen LogP contribution in [0.1, 0.15) is 26.0 Å². The lowest BCUT2D eigenvalue weighted by Crippen LogP contribution is -2.40. The lowest BCUT2D eigenvalue weighted by Gasteiger charge is -2.23. The Bertz CT molecular complexity index is 788. The van der Waals surface area contributed by atoms with Crippen molar-refractivity contribution in [2.24, 2.45) is 4.99 Å². The number of guanidine groups is 1. The molecule has 0 radical (unpaired) electrons. The van der Waals surface area contributed by atoms with Gasteiger partial charge >= 0.3 is 0 Å². The number of hydrogen-bond acceptors (Lipinski definition) is 4. The van der Waals surface area contributed by atoms with Gasteiger partial charge in [0.05, 0.1) is 0 Å². The molecule has 2 N–H and O–H groups in total. The Kier molecular flexibility index (Phi) is 14.1. The van der Waals surface area contributed by atoms with Gasteiger partial charge in [-0.2, -0.15) is 0 Å². The molecule has 0 aliphatic heterocycles. The molecule has 0 saturated heterocycles. The first-order valence-corrected chi connectivity index (χ1v) is 11.1. The van der Waals surface area contributed by atoms with Gasteiger partial charge in [0.2, 0.25) is 5.91 Å². The molecule has 0 bridgehead atoms. The number of carbonyl (C=O) groups is 1. The molecule has 1 aromatic heterocycles. The first kappa shape index (κ1) is 27.7. The highest BCUT2D eigenvalue weighted by molar-refractivity contribution is 14.0. The van der Waals surface area contributed by atoms with Crippen LogP contribution >= 0.6 is 24.0 Å². The second kappa shape index (κ2) is 16.3. The van der Waals surface area contributed by atoms with E-state index in [-0.39, 0.29) is 36.4 Å². The summed E-state index contributed by atoms with van der Waals surface area (Å²) in [5.74, 6) is 0.672. The zero-order valence-corrected chi connectivity index (χ0v) is 21.8. The molecule has 176 valence electrons. The van der Waals surface area contributed by atoms with Gasteiger partial charge in [-0.05, 0) is 44.5 Å². The van der Waals surface area contributed by atoms with E-state index < -0.39 is 0 Å². The van der Waals surface area contributed by atoms with Crippen molar-refractivity contribution >= 4 is 41.5 Å². The molecule has 0 atom stereocenters. The summed E-state index contributed by atoms with van der Waals surface area (Å²) in [5.41, 5.74) is 2.22. The molecule has 0 unspecified atom stereocenters. The molecule has 1 heterocycles. The van der Waals surface area contributed by atoms with Crippen LogP contribution in [0.15, 0.2) is 59.7 Å². The number of anilines is 1. The predicted molar refractivity (Wildman–Crippen MR) is 144 cm³/mol. The second-order valence-corrected chi connectivity index (χ2v) is 7.28. The number of nitrogens with zero attached hydrogens (tertiary/aromatic N) is 4. The average molecular weight is 553 g/mol. The summed E-state index contributed by atoms with van der Waals surface area (Å²) in [4.78, 5) is 25.2.